The molecule has 0 unspecified atom stereocenters. The third-order valence-electron chi connectivity index (χ3n) is 6.42. The monoisotopic (exact) mass is 463 g/mol. The Morgan fingerprint density at radius 3 is 2.62 bits per heavy atom. The van der Waals surface area contributed by atoms with Crippen LogP contribution in [0.3, 0.4) is 0 Å². The van der Waals surface area contributed by atoms with Gasteiger partial charge in [0.1, 0.15) is 11.5 Å². The van der Waals surface area contributed by atoms with Gasteiger partial charge in [-0.2, -0.15) is 0 Å². The quantitative estimate of drug-likeness (QED) is 0.378. The predicted octanol–water partition coefficient (Wildman–Crippen LogP) is 4.84. The van der Waals surface area contributed by atoms with Crippen molar-refractivity contribution in [2.24, 2.45) is 0 Å². The van der Waals surface area contributed by atoms with E-state index in [0.29, 0.717) is 6.42 Å². The Morgan fingerprint density at radius 2 is 1.91 bits per heavy atom. The van der Waals surface area contributed by atoms with Crippen molar-refractivity contribution in [3.63, 3.8) is 0 Å². The molecule has 182 valence electrons. The highest BCUT2D eigenvalue weighted by atomic mass is 19.1. The first-order chi connectivity index (χ1) is 16.4. The zero-order valence-corrected chi connectivity index (χ0v) is 21.2. The molecule has 1 aromatic carbocycles. The van der Waals surface area contributed by atoms with Gasteiger partial charge in [-0.1, -0.05) is 18.7 Å². The second-order valence-corrected chi connectivity index (χ2v) is 8.96. The molecule has 2 aromatic heterocycles. The van der Waals surface area contributed by atoms with Gasteiger partial charge < -0.3 is 19.9 Å². The van der Waals surface area contributed by atoms with Gasteiger partial charge in [-0.05, 0) is 86.3 Å². The van der Waals surface area contributed by atoms with Crippen molar-refractivity contribution in [3.8, 4) is 11.1 Å². The van der Waals surface area contributed by atoms with Gasteiger partial charge in [-0.15, -0.1) is 0 Å². The molecule has 0 bridgehead atoms. The summed E-state index contributed by atoms with van der Waals surface area (Å²) in [7, 11) is 7.98. The van der Waals surface area contributed by atoms with E-state index >= 15 is 4.39 Å². The van der Waals surface area contributed by atoms with Crippen LogP contribution in [0.2, 0.25) is 0 Å². The molecule has 0 aliphatic carbocycles. The molecule has 5 nitrogen and oxygen atoms in total. The van der Waals surface area contributed by atoms with Gasteiger partial charge in [0, 0.05) is 57.4 Å². The molecular formula is C28H38FN5. The van der Waals surface area contributed by atoms with Crippen LogP contribution in [-0.4, -0.2) is 55.6 Å². The van der Waals surface area contributed by atoms with Crippen molar-refractivity contribution in [2.75, 3.05) is 41.3 Å². The molecule has 2 heterocycles. The summed E-state index contributed by atoms with van der Waals surface area (Å²) in [5.41, 5.74) is 8.29. The molecule has 2 N–H and O–H groups in total. The Bertz CT molecular complexity index is 1160. The molecule has 34 heavy (non-hydrogen) atoms. The number of imidazole rings is 1. The van der Waals surface area contributed by atoms with Crippen LogP contribution in [0.4, 0.5) is 4.39 Å². The lowest BCUT2D eigenvalue weighted by Crippen LogP contribution is -2.17. The van der Waals surface area contributed by atoms with Crippen LogP contribution in [0, 0.1) is 5.82 Å². The normalized spacial score (nSPS) is 12.2. The fraction of sp³-hybridized carbons (Fsp3) is 0.393. The molecule has 0 fully saturated rings. The van der Waals surface area contributed by atoms with E-state index in [1.54, 1.807) is 12.1 Å². The molecule has 3 aromatic rings. The number of pyridine rings is 1. The number of rotatable bonds is 12. The number of allylic oxidation sites excluding steroid dienone is 1. The number of halogens is 1. The molecule has 0 amide bonds. The molecule has 3 rings (SSSR count). The summed E-state index contributed by atoms with van der Waals surface area (Å²) in [6.07, 6.45) is 7.25. The van der Waals surface area contributed by atoms with Gasteiger partial charge in [0.05, 0.1) is 0 Å². The van der Waals surface area contributed by atoms with Crippen LogP contribution < -0.4 is 10.6 Å². The average Bonchev–Trinajstić information content (AvgIpc) is 3.23. The zero-order valence-electron chi connectivity index (χ0n) is 21.2. The van der Waals surface area contributed by atoms with E-state index in [2.05, 4.69) is 44.6 Å². The number of hydrogen-bond donors (Lipinski definition) is 2. The fourth-order valence-corrected chi connectivity index (χ4v) is 4.36. The van der Waals surface area contributed by atoms with E-state index in [1.165, 1.54) is 11.3 Å². The number of benzene rings is 1. The minimum absolute atomic E-state index is 0.150. The van der Waals surface area contributed by atoms with Gasteiger partial charge >= 0.3 is 0 Å². The van der Waals surface area contributed by atoms with Crippen molar-refractivity contribution >= 4 is 5.65 Å². The summed E-state index contributed by atoms with van der Waals surface area (Å²) in [6, 6.07) is 9.43. The van der Waals surface area contributed by atoms with Crippen LogP contribution >= 0.6 is 0 Å². The van der Waals surface area contributed by atoms with E-state index in [4.69, 9.17) is 0 Å². The number of nitrogens with zero attached hydrogens (tertiary/aromatic N) is 3. The van der Waals surface area contributed by atoms with Gasteiger partial charge in [0.25, 0.3) is 0 Å². The van der Waals surface area contributed by atoms with E-state index in [-0.39, 0.29) is 5.82 Å². The topological polar surface area (TPSA) is 44.6 Å². The summed E-state index contributed by atoms with van der Waals surface area (Å²) in [5.74, 6) is -0.150. The maximum absolute atomic E-state index is 15.1. The van der Waals surface area contributed by atoms with Crippen LogP contribution in [0.25, 0.3) is 16.8 Å². The van der Waals surface area contributed by atoms with Gasteiger partial charge in [0.15, 0.2) is 0 Å². The first-order valence-electron chi connectivity index (χ1n) is 12.0. The molecule has 0 radical (unpaired) electrons. The average molecular weight is 464 g/mol. The summed E-state index contributed by atoms with van der Waals surface area (Å²) < 4.78 is 17.2. The summed E-state index contributed by atoms with van der Waals surface area (Å²) in [6.45, 7) is 8.02. The van der Waals surface area contributed by atoms with Crippen molar-refractivity contribution < 1.29 is 4.39 Å². The number of fused-ring (bicyclic) bond motifs is 1. The molecule has 0 aliphatic rings. The Hall–Kier alpha value is -2.96. The Labute approximate surface area is 203 Å². The molecule has 0 spiro atoms. The van der Waals surface area contributed by atoms with Crippen LogP contribution in [0.5, 0.6) is 0 Å². The van der Waals surface area contributed by atoms with Crippen LogP contribution in [0.1, 0.15) is 31.0 Å². The molecule has 0 aliphatic heterocycles. The highest BCUT2D eigenvalue weighted by Crippen LogP contribution is 2.29. The first-order valence-corrected chi connectivity index (χ1v) is 12.0. The highest BCUT2D eigenvalue weighted by molar-refractivity contribution is 5.68. The van der Waals surface area contributed by atoms with Gasteiger partial charge in [-0.3, -0.25) is 0 Å². The molecular weight excluding hydrogens is 425 g/mol. The SMILES string of the molecule is C=C(CNC)/C(CCCc1c(F)cccc1-c1ccc2ncc(CCNC)n2c1)=C(/C)N(C)C. The van der Waals surface area contributed by atoms with Gasteiger partial charge in [-0.25, -0.2) is 9.37 Å². The maximum Gasteiger partial charge on any atom is 0.136 e. The van der Waals surface area contributed by atoms with Crippen molar-refractivity contribution in [1.82, 2.24) is 24.9 Å². The molecule has 6 heteroatoms. The minimum atomic E-state index is -0.150. The standard InChI is InChI=1S/C28H38FN5/c1-20(17-31-4)24(21(2)33(5)6)9-7-11-26-25(10-8-12-27(26)29)22-13-14-28-32-18-23(15-16-30-3)34(28)19-22/h8,10,12-14,18-19,30-31H,1,7,9,11,15-17H2,2-6H3/b24-21-. The lowest BCUT2D eigenvalue weighted by atomic mass is 9.93. The largest absolute Gasteiger partial charge is 0.381 e. The number of hydrogen-bond acceptors (Lipinski definition) is 4. The number of aromatic nitrogens is 2. The van der Waals surface area contributed by atoms with E-state index in [0.717, 1.165) is 66.0 Å². The second-order valence-electron chi connectivity index (χ2n) is 8.96. The van der Waals surface area contributed by atoms with Gasteiger partial charge in [0.2, 0.25) is 0 Å². The lowest BCUT2D eigenvalue weighted by Gasteiger charge is -2.21. The Balaban J connectivity index is 1.88. The van der Waals surface area contributed by atoms with Crippen molar-refractivity contribution in [2.45, 2.75) is 32.6 Å². The second kappa shape index (κ2) is 12.0. The third-order valence-corrected chi connectivity index (χ3v) is 6.42. The van der Waals surface area contributed by atoms with E-state index < -0.39 is 0 Å². The van der Waals surface area contributed by atoms with Crippen molar-refractivity contribution in [1.29, 1.82) is 0 Å². The molecule has 0 saturated heterocycles. The number of nitrogens with one attached hydrogen (secondary N) is 2. The first kappa shape index (κ1) is 25.7. The molecule has 0 atom stereocenters. The fourth-order valence-electron chi connectivity index (χ4n) is 4.36. The lowest BCUT2D eigenvalue weighted by molar-refractivity contribution is 0.502. The van der Waals surface area contributed by atoms with Crippen molar-refractivity contribution in [3.05, 3.63) is 83.2 Å². The zero-order chi connectivity index (χ0) is 24.7. The summed E-state index contributed by atoms with van der Waals surface area (Å²) >= 11 is 0. The highest BCUT2D eigenvalue weighted by Gasteiger charge is 2.14. The maximum atomic E-state index is 15.1. The smallest absolute Gasteiger partial charge is 0.136 e. The predicted molar refractivity (Wildman–Crippen MR) is 141 cm³/mol. The number of likely N-dealkylation sites (N-methyl/N-ethyl adjacent to an activating group) is 2. The Morgan fingerprint density at radius 1 is 1.12 bits per heavy atom. The summed E-state index contributed by atoms with van der Waals surface area (Å²) in [5, 5.41) is 6.38. The summed E-state index contributed by atoms with van der Waals surface area (Å²) in [4.78, 5) is 6.64. The van der Waals surface area contributed by atoms with E-state index in [9.17, 15) is 0 Å². The van der Waals surface area contributed by atoms with Crippen LogP contribution in [-0.2, 0) is 12.8 Å². The third kappa shape index (κ3) is 5.93. The van der Waals surface area contributed by atoms with E-state index in [1.807, 2.05) is 52.6 Å². The minimum Gasteiger partial charge on any atom is -0.381 e. The molecule has 0 saturated carbocycles. The van der Waals surface area contributed by atoms with Crippen LogP contribution in [0.15, 0.2) is 66.1 Å². The Kier molecular flexibility index (Phi) is 9.02.